The van der Waals surface area contributed by atoms with Crippen LogP contribution >= 0.6 is 15.9 Å². The maximum Gasteiger partial charge on any atom is 0.146 e. The highest BCUT2D eigenvalue weighted by atomic mass is 79.9. The van der Waals surface area contributed by atoms with Crippen LogP contribution in [0.2, 0.25) is 0 Å². The summed E-state index contributed by atoms with van der Waals surface area (Å²) in [5.74, 6) is 1.51. The molecule has 0 bridgehead atoms. The van der Waals surface area contributed by atoms with Gasteiger partial charge in [-0.2, -0.15) is 0 Å². The molecule has 0 saturated heterocycles. The lowest BCUT2D eigenvalue weighted by atomic mass is 9.97. The van der Waals surface area contributed by atoms with Gasteiger partial charge < -0.3 is 0 Å². The second-order valence-electron chi connectivity index (χ2n) is 5.41. The lowest BCUT2D eigenvalue weighted by molar-refractivity contribution is 0.866. The van der Waals surface area contributed by atoms with Crippen LogP contribution in [0.25, 0.3) is 16.9 Å². The van der Waals surface area contributed by atoms with Gasteiger partial charge in [0.25, 0.3) is 0 Å². The van der Waals surface area contributed by atoms with Crippen molar-refractivity contribution >= 4 is 21.4 Å². The van der Waals surface area contributed by atoms with Gasteiger partial charge in [0, 0.05) is 11.8 Å². The first-order valence-electron chi connectivity index (χ1n) is 6.81. The summed E-state index contributed by atoms with van der Waals surface area (Å²) in [6, 6.07) is 12.8. The van der Waals surface area contributed by atoms with Crippen molar-refractivity contribution in [2.75, 3.05) is 0 Å². The fraction of sp³-hybridized carbons (Fsp3) is 0.235. The molecular formula is C17H17BrN2. The molecular weight excluding hydrogens is 312 g/mol. The summed E-state index contributed by atoms with van der Waals surface area (Å²) < 4.78 is 3.03. The molecule has 0 aliphatic carbocycles. The minimum absolute atomic E-state index is 0.518. The van der Waals surface area contributed by atoms with Crippen LogP contribution in [0.5, 0.6) is 0 Å². The highest BCUT2D eigenvalue weighted by molar-refractivity contribution is 9.10. The molecule has 0 unspecified atom stereocenters. The Kier molecular flexibility index (Phi) is 3.38. The summed E-state index contributed by atoms with van der Waals surface area (Å²) in [5.41, 5.74) is 4.88. The molecule has 2 aromatic heterocycles. The number of rotatable bonds is 2. The Morgan fingerprint density at radius 1 is 1.15 bits per heavy atom. The lowest BCUT2D eigenvalue weighted by Crippen LogP contribution is -1.94. The summed E-state index contributed by atoms with van der Waals surface area (Å²) in [7, 11) is 0. The molecule has 0 aliphatic rings. The first-order valence-corrected chi connectivity index (χ1v) is 7.60. The van der Waals surface area contributed by atoms with Crippen LogP contribution < -0.4 is 0 Å². The van der Waals surface area contributed by atoms with Crippen LogP contribution in [0.1, 0.15) is 30.9 Å². The van der Waals surface area contributed by atoms with Crippen molar-refractivity contribution in [2.45, 2.75) is 26.7 Å². The van der Waals surface area contributed by atoms with Gasteiger partial charge in [-0.25, -0.2) is 4.98 Å². The van der Waals surface area contributed by atoms with Crippen molar-refractivity contribution in [3.05, 3.63) is 58.3 Å². The first kappa shape index (κ1) is 13.4. The average molecular weight is 329 g/mol. The van der Waals surface area contributed by atoms with Crippen LogP contribution in [0.3, 0.4) is 0 Å². The van der Waals surface area contributed by atoms with Crippen molar-refractivity contribution < 1.29 is 0 Å². The quantitative estimate of drug-likeness (QED) is 0.632. The Morgan fingerprint density at radius 3 is 2.70 bits per heavy atom. The van der Waals surface area contributed by atoms with Crippen molar-refractivity contribution in [3.8, 4) is 11.4 Å². The van der Waals surface area contributed by atoms with Crippen molar-refractivity contribution in [1.29, 1.82) is 0 Å². The van der Waals surface area contributed by atoms with Gasteiger partial charge >= 0.3 is 0 Å². The van der Waals surface area contributed by atoms with E-state index in [1.165, 1.54) is 16.7 Å². The molecule has 20 heavy (non-hydrogen) atoms. The second-order valence-corrected chi connectivity index (χ2v) is 6.16. The Bertz CT molecular complexity index is 772. The topological polar surface area (TPSA) is 17.3 Å². The molecule has 3 rings (SSSR count). The first-order chi connectivity index (χ1) is 9.58. The fourth-order valence-corrected chi connectivity index (χ4v) is 2.92. The van der Waals surface area contributed by atoms with E-state index in [4.69, 9.17) is 4.98 Å². The second kappa shape index (κ2) is 5.06. The van der Waals surface area contributed by atoms with Crippen LogP contribution in [0.4, 0.5) is 0 Å². The van der Waals surface area contributed by atoms with Gasteiger partial charge in [0.2, 0.25) is 0 Å². The molecule has 0 radical (unpaired) electrons. The third-order valence-electron chi connectivity index (χ3n) is 3.67. The van der Waals surface area contributed by atoms with Crippen LogP contribution in [0, 0.1) is 6.92 Å². The number of halogens is 1. The number of benzene rings is 1. The van der Waals surface area contributed by atoms with E-state index >= 15 is 0 Å². The lowest BCUT2D eigenvalue weighted by Gasteiger charge is -2.10. The van der Waals surface area contributed by atoms with Gasteiger partial charge in [0.05, 0.1) is 5.52 Å². The highest BCUT2D eigenvalue weighted by Gasteiger charge is 2.13. The van der Waals surface area contributed by atoms with Gasteiger partial charge in [-0.1, -0.05) is 32.0 Å². The van der Waals surface area contributed by atoms with E-state index in [2.05, 4.69) is 71.6 Å². The average Bonchev–Trinajstić information content (AvgIpc) is 2.77. The van der Waals surface area contributed by atoms with Gasteiger partial charge in [0.15, 0.2) is 0 Å². The zero-order valence-electron chi connectivity index (χ0n) is 11.9. The van der Waals surface area contributed by atoms with Crippen LogP contribution in [0.15, 0.2) is 47.2 Å². The maximum absolute atomic E-state index is 4.70. The van der Waals surface area contributed by atoms with Gasteiger partial charge in [-0.15, -0.1) is 0 Å². The van der Waals surface area contributed by atoms with E-state index in [1.807, 2.05) is 12.1 Å². The molecule has 0 saturated carbocycles. The van der Waals surface area contributed by atoms with E-state index in [0.29, 0.717) is 5.92 Å². The molecule has 3 heteroatoms. The number of nitrogens with zero attached hydrogens (tertiary/aromatic N) is 2. The Balaban J connectivity index is 2.28. The third kappa shape index (κ3) is 2.16. The number of hydrogen-bond donors (Lipinski definition) is 0. The minimum Gasteiger partial charge on any atom is -0.299 e. The summed E-state index contributed by atoms with van der Waals surface area (Å²) in [4.78, 5) is 4.70. The summed E-state index contributed by atoms with van der Waals surface area (Å²) in [5, 5.41) is 0. The predicted molar refractivity (Wildman–Crippen MR) is 87.2 cm³/mol. The SMILES string of the molecule is Cc1ccc(C(C)C)cc1-c1nc(Br)c2ccccn12. The molecule has 0 aliphatic heterocycles. The normalized spacial score (nSPS) is 11.4. The van der Waals surface area contributed by atoms with E-state index in [1.54, 1.807) is 0 Å². The number of pyridine rings is 1. The van der Waals surface area contributed by atoms with Crippen LogP contribution in [-0.2, 0) is 0 Å². The Morgan fingerprint density at radius 2 is 1.95 bits per heavy atom. The van der Waals surface area contributed by atoms with E-state index < -0.39 is 0 Å². The number of fused-ring (bicyclic) bond motifs is 1. The molecule has 102 valence electrons. The Hall–Kier alpha value is -1.61. The molecule has 0 atom stereocenters. The number of aryl methyl sites for hydroxylation is 1. The molecule has 2 nitrogen and oxygen atoms in total. The third-order valence-corrected chi connectivity index (χ3v) is 4.26. The van der Waals surface area contributed by atoms with Crippen molar-refractivity contribution in [3.63, 3.8) is 0 Å². The fourth-order valence-electron chi connectivity index (χ4n) is 2.43. The van der Waals surface area contributed by atoms with Gasteiger partial charge in [0.1, 0.15) is 10.4 Å². The molecule has 0 N–H and O–H groups in total. The summed E-state index contributed by atoms with van der Waals surface area (Å²) >= 11 is 3.56. The van der Waals surface area contributed by atoms with E-state index in [9.17, 15) is 0 Å². The standard InChI is InChI=1S/C17H17BrN2/c1-11(2)13-8-7-12(3)14(10-13)17-19-16(18)15-6-4-5-9-20(15)17/h4-11H,1-3H3. The minimum atomic E-state index is 0.518. The zero-order valence-corrected chi connectivity index (χ0v) is 13.5. The Labute approximate surface area is 127 Å². The number of hydrogen-bond acceptors (Lipinski definition) is 1. The monoisotopic (exact) mass is 328 g/mol. The van der Waals surface area contributed by atoms with E-state index in [0.717, 1.165) is 15.9 Å². The number of imidazole rings is 1. The molecule has 0 spiro atoms. The predicted octanol–water partition coefficient (Wildman–Crippen LogP) is 5.20. The largest absolute Gasteiger partial charge is 0.299 e. The van der Waals surface area contributed by atoms with Crippen molar-refractivity contribution in [1.82, 2.24) is 9.38 Å². The molecule has 1 aromatic carbocycles. The summed E-state index contributed by atoms with van der Waals surface area (Å²) in [6.07, 6.45) is 2.06. The van der Waals surface area contributed by atoms with Gasteiger partial charge in [-0.05, 0) is 58.1 Å². The van der Waals surface area contributed by atoms with Gasteiger partial charge in [-0.3, -0.25) is 4.40 Å². The van der Waals surface area contributed by atoms with Crippen LogP contribution in [-0.4, -0.2) is 9.38 Å². The molecule has 0 fully saturated rings. The van der Waals surface area contributed by atoms with E-state index in [-0.39, 0.29) is 0 Å². The zero-order chi connectivity index (χ0) is 14.3. The number of aromatic nitrogens is 2. The van der Waals surface area contributed by atoms with Crippen molar-refractivity contribution in [2.24, 2.45) is 0 Å². The molecule has 3 aromatic rings. The smallest absolute Gasteiger partial charge is 0.146 e. The molecule has 0 amide bonds. The maximum atomic E-state index is 4.70. The summed E-state index contributed by atoms with van der Waals surface area (Å²) in [6.45, 7) is 6.57. The highest BCUT2D eigenvalue weighted by Crippen LogP contribution is 2.30. The molecule has 2 heterocycles.